The predicted molar refractivity (Wildman–Crippen MR) is 60.9 cm³/mol. The molecule has 0 aliphatic rings. The van der Waals surface area contributed by atoms with Gasteiger partial charge in [0.1, 0.15) is 0 Å². The lowest BCUT2D eigenvalue weighted by Crippen LogP contribution is -2.20. The first-order chi connectivity index (χ1) is 7.59. The number of anilines is 1. The first-order valence-corrected chi connectivity index (χ1v) is 4.91. The molecule has 1 amide bonds. The Bertz CT molecular complexity index is 404. The topological polar surface area (TPSA) is 68.0 Å². The van der Waals surface area contributed by atoms with E-state index in [0.717, 1.165) is 5.56 Å². The van der Waals surface area contributed by atoms with Crippen molar-refractivity contribution in [3.63, 3.8) is 0 Å². The molecule has 0 unspecified atom stereocenters. The van der Waals surface area contributed by atoms with Gasteiger partial charge in [0.25, 0.3) is 0 Å². The lowest BCUT2D eigenvalue weighted by Gasteiger charge is -1.98. The van der Waals surface area contributed by atoms with Gasteiger partial charge in [0.05, 0.1) is 5.69 Å². The fraction of sp³-hybridized carbons (Fsp3) is 0.273. The van der Waals surface area contributed by atoms with E-state index in [1.54, 1.807) is 6.08 Å². The van der Waals surface area contributed by atoms with Crippen molar-refractivity contribution in [1.29, 1.82) is 0 Å². The summed E-state index contributed by atoms with van der Waals surface area (Å²) in [4.78, 5) is 14.0. The van der Waals surface area contributed by atoms with Crippen molar-refractivity contribution in [3.8, 4) is 0 Å². The minimum atomic E-state index is -0.657. The van der Waals surface area contributed by atoms with E-state index in [4.69, 9.17) is 5.73 Å². The Labute approximate surface area is 93.4 Å². The molecule has 1 aromatic rings. The predicted octanol–water partition coefficient (Wildman–Crippen LogP) is 1.34. The Balaban J connectivity index is 2.44. The number of carbonyl (C=O) groups is 1. The fourth-order valence-electron chi connectivity index (χ4n) is 1.12. The maximum Gasteiger partial charge on any atom is 0.236 e. The molecule has 0 spiro atoms. The van der Waals surface area contributed by atoms with Gasteiger partial charge in [-0.1, -0.05) is 12.2 Å². The molecule has 1 aromatic heterocycles. The highest BCUT2D eigenvalue weighted by atomic mass is 19.1. The maximum absolute atomic E-state index is 12.7. The number of pyridine rings is 1. The molecular formula is C11H14FN3O. The standard InChI is InChI=1S/C11H14FN3O/c1-8(16)14-5-3-2-4-9-6-10(13)11(12)15-7-9/h2,4,6-7H,3,5,13H2,1H3,(H,14,16). The number of rotatable bonds is 4. The summed E-state index contributed by atoms with van der Waals surface area (Å²) in [5.74, 6) is -0.712. The van der Waals surface area contributed by atoms with Crippen LogP contribution in [0.3, 0.4) is 0 Å². The zero-order chi connectivity index (χ0) is 12.0. The van der Waals surface area contributed by atoms with E-state index in [1.807, 2.05) is 6.08 Å². The monoisotopic (exact) mass is 223 g/mol. The number of nitrogens with one attached hydrogen (secondary N) is 1. The van der Waals surface area contributed by atoms with Crippen LogP contribution in [0.25, 0.3) is 6.08 Å². The van der Waals surface area contributed by atoms with E-state index in [9.17, 15) is 9.18 Å². The molecule has 4 nitrogen and oxygen atoms in total. The molecule has 5 heteroatoms. The van der Waals surface area contributed by atoms with Crippen LogP contribution in [0.2, 0.25) is 0 Å². The number of hydrogen-bond acceptors (Lipinski definition) is 3. The minimum absolute atomic E-state index is 0.0315. The van der Waals surface area contributed by atoms with Crippen LogP contribution in [0.4, 0.5) is 10.1 Å². The van der Waals surface area contributed by atoms with Gasteiger partial charge in [-0.25, -0.2) is 4.98 Å². The highest BCUT2D eigenvalue weighted by molar-refractivity contribution is 5.72. The van der Waals surface area contributed by atoms with E-state index in [2.05, 4.69) is 10.3 Å². The van der Waals surface area contributed by atoms with Crippen molar-refractivity contribution in [2.75, 3.05) is 12.3 Å². The van der Waals surface area contributed by atoms with Crippen molar-refractivity contribution in [1.82, 2.24) is 10.3 Å². The quantitative estimate of drug-likeness (QED) is 0.598. The van der Waals surface area contributed by atoms with Gasteiger partial charge in [-0.3, -0.25) is 4.79 Å². The number of carbonyl (C=O) groups excluding carboxylic acids is 1. The van der Waals surface area contributed by atoms with Gasteiger partial charge in [0.15, 0.2) is 0 Å². The second kappa shape index (κ2) is 5.85. The molecule has 0 aliphatic carbocycles. The first kappa shape index (κ1) is 12.2. The lowest BCUT2D eigenvalue weighted by atomic mass is 10.2. The molecular weight excluding hydrogens is 209 g/mol. The number of nitrogen functional groups attached to an aromatic ring is 1. The Hall–Kier alpha value is -1.91. The van der Waals surface area contributed by atoms with Gasteiger partial charge in [-0.2, -0.15) is 4.39 Å². The van der Waals surface area contributed by atoms with Crippen LogP contribution in [-0.4, -0.2) is 17.4 Å². The largest absolute Gasteiger partial charge is 0.395 e. The smallest absolute Gasteiger partial charge is 0.236 e. The van der Waals surface area contributed by atoms with Gasteiger partial charge >= 0.3 is 0 Å². The SMILES string of the molecule is CC(=O)NCCC=Cc1cnc(F)c(N)c1. The molecule has 86 valence electrons. The average Bonchev–Trinajstić information content (AvgIpc) is 2.22. The molecule has 3 N–H and O–H groups in total. The van der Waals surface area contributed by atoms with Crippen molar-refractivity contribution in [2.24, 2.45) is 0 Å². The molecule has 0 saturated carbocycles. The highest BCUT2D eigenvalue weighted by Crippen LogP contribution is 2.10. The maximum atomic E-state index is 12.7. The van der Waals surface area contributed by atoms with E-state index in [-0.39, 0.29) is 11.6 Å². The number of hydrogen-bond donors (Lipinski definition) is 2. The lowest BCUT2D eigenvalue weighted by molar-refractivity contribution is -0.118. The summed E-state index contributed by atoms with van der Waals surface area (Å²) in [6, 6.07) is 1.51. The van der Waals surface area contributed by atoms with Crippen molar-refractivity contribution in [2.45, 2.75) is 13.3 Å². The molecule has 16 heavy (non-hydrogen) atoms. The van der Waals surface area contributed by atoms with Crippen LogP contribution in [0, 0.1) is 5.95 Å². The number of amides is 1. The summed E-state index contributed by atoms with van der Waals surface area (Å²) in [7, 11) is 0. The zero-order valence-electron chi connectivity index (χ0n) is 9.03. The minimum Gasteiger partial charge on any atom is -0.395 e. The molecule has 0 bridgehead atoms. The van der Waals surface area contributed by atoms with Crippen molar-refractivity contribution < 1.29 is 9.18 Å². The summed E-state index contributed by atoms with van der Waals surface area (Å²) in [6.07, 6.45) is 5.76. The van der Waals surface area contributed by atoms with Crippen molar-refractivity contribution in [3.05, 3.63) is 29.9 Å². The fourth-order valence-corrected chi connectivity index (χ4v) is 1.12. The van der Waals surface area contributed by atoms with Crippen LogP contribution < -0.4 is 11.1 Å². The Morgan fingerprint density at radius 2 is 2.44 bits per heavy atom. The third-order valence-electron chi connectivity index (χ3n) is 1.88. The van der Waals surface area contributed by atoms with E-state index < -0.39 is 5.95 Å². The highest BCUT2D eigenvalue weighted by Gasteiger charge is 1.98. The normalized spacial score (nSPS) is 10.6. The summed E-state index contributed by atoms with van der Waals surface area (Å²) < 4.78 is 12.7. The van der Waals surface area contributed by atoms with Gasteiger partial charge in [0, 0.05) is 19.7 Å². The number of nitrogens with zero attached hydrogens (tertiary/aromatic N) is 1. The summed E-state index contributed by atoms with van der Waals surface area (Å²) in [5, 5.41) is 2.66. The number of halogens is 1. The molecule has 0 atom stereocenters. The molecule has 0 fully saturated rings. The number of aromatic nitrogens is 1. The Morgan fingerprint density at radius 1 is 1.69 bits per heavy atom. The zero-order valence-corrected chi connectivity index (χ0v) is 9.03. The van der Waals surface area contributed by atoms with E-state index >= 15 is 0 Å². The average molecular weight is 223 g/mol. The molecule has 1 heterocycles. The van der Waals surface area contributed by atoms with Crippen LogP contribution in [0.1, 0.15) is 18.9 Å². The first-order valence-electron chi connectivity index (χ1n) is 4.91. The second-order valence-corrected chi connectivity index (χ2v) is 3.32. The summed E-state index contributed by atoms with van der Waals surface area (Å²) >= 11 is 0. The summed E-state index contributed by atoms with van der Waals surface area (Å²) in [6.45, 7) is 2.05. The van der Waals surface area contributed by atoms with Gasteiger partial charge < -0.3 is 11.1 Å². The molecule has 0 saturated heterocycles. The van der Waals surface area contributed by atoms with Crippen LogP contribution >= 0.6 is 0 Å². The molecule has 0 aliphatic heterocycles. The van der Waals surface area contributed by atoms with Gasteiger partial charge in [-0.15, -0.1) is 0 Å². The van der Waals surface area contributed by atoms with E-state index in [0.29, 0.717) is 13.0 Å². The third-order valence-corrected chi connectivity index (χ3v) is 1.88. The molecule has 0 radical (unpaired) electrons. The van der Waals surface area contributed by atoms with E-state index in [1.165, 1.54) is 19.2 Å². The van der Waals surface area contributed by atoms with Crippen LogP contribution in [0.15, 0.2) is 18.3 Å². The van der Waals surface area contributed by atoms with Crippen molar-refractivity contribution >= 4 is 17.7 Å². The summed E-state index contributed by atoms with van der Waals surface area (Å²) in [5.41, 5.74) is 6.13. The van der Waals surface area contributed by atoms with Gasteiger partial charge in [0.2, 0.25) is 11.9 Å². The van der Waals surface area contributed by atoms with Crippen LogP contribution in [0.5, 0.6) is 0 Å². The second-order valence-electron chi connectivity index (χ2n) is 3.32. The third kappa shape index (κ3) is 4.08. The Kier molecular flexibility index (Phi) is 4.44. The van der Waals surface area contributed by atoms with Crippen LogP contribution in [-0.2, 0) is 4.79 Å². The van der Waals surface area contributed by atoms with Gasteiger partial charge in [-0.05, 0) is 18.1 Å². The molecule has 1 rings (SSSR count). The number of nitrogens with two attached hydrogens (primary N) is 1. The molecule has 0 aromatic carbocycles. The Morgan fingerprint density at radius 3 is 3.06 bits per heavy atom.